The number of hydrogen-bond donors (Lipinski definition) is 1. The third-order valence-corrected chi connectivity index (χ3v) is 4.14. The van der Waals surface area contributed by atoms with Crippen LogP contribution in [0, 0.1) is 0 Å². The van der Waals surface area contributed by atoms with E-state index in [9.17, 15) is 0 Å². The van der Waals surface area contributed by atoms with Crippen LogP contribution in [0.1, 0.15) is 24.7 Å². The molecule has 1 N–H and O–H groups in total. The lowest BCUT2D eigenvalue weighted by molar-refractivity contribution is 0.320. The summed E-state index contributed by atoms with van der Waals surface area (Å²) < 4.78 is 7.32. The van der Waals surface area contributed by atoms with Crippen LogP contribution in [-0.2, 0) is 7.05 Å². The van der Waals surface area contributed by atoms with Crippen molar-refractivity contribution < 1.29 is 4.52 Å². The minimum Gasteiger partial charge on any atom is -0.339 e. The summed E-state index contributed by atoms with van der Waals surface area (Å²) in [7, 11) is 1.93. The molecule has 4 rings (SSSR count). The predicted octanol–water partition coefficient (Wildman–Crippen LogP) is 2.09. The van der Waals surface area contributed by atoms with Crippen molar-refractivity contribution in [3.63, 3.8) is 0 Å². The number of aryl methyl sites for hydroxylation is 1. The molecule has 2 aromatic heterocycles. The first-order valence-corrected chi connectivity index (χ1v) is 7.28. The van der Waals surface area contributed by atoms with E-state index in [2.05, 4.69) is 26.6 Å². The molecule has 0 saturated carbocycles. The summed E-state index contributed by atoms with van der Waals surface area (Å²) in [5.74, 6) is 1.80. The quantitative estimate of drug-likeness (QED) is 0.780. The third kappa shape index (κ3) is 2.21. The molecule has 3 aromatic rings. The van der Waals surface area contributed by atoms with Crippen molar-refractivity contribution in [2.24, 2.45) is 7.05 Å². The molecule has 1 saturated heterocycles. The Hall–Kier alpha value is -2.21. The molecule has 1 aromatic carbocycles. The maximum atomic E-state index is 5.47. The van der Waals surface area contributed by atoms with Gasteiger partial charge in [0.2, 0.25) is 11.7 Å². The fourth-order valence-electron chi connectivity index (χ4n) is 2.87. The fraction of sp³-hybridized carbons (Fsp3) is 0.400. The molecule has 0 radical (unpaired) electrons. The third-order valence-electron chi connectivity index (χ3n) is 4.14. The summed E-state index contributed by atoms with van der Waals surface area (Å²) in [4.78, 5) is 4.59. The summed E-state index contributed by atoms with van der Waals surface area (Å²) in [5, 5.41) is 12.9. The summed E-state index contributed by atoms with van der Waals surface area (Å²) in [5.41, 5.74) is 2.04. The van der Waals surface area contributed by atoms with Crippen LogP contribution in [0.2, 0.25) is 0 Å². The average Bonchev–Trinajstić information content (AvgIpc) is 3.16. The molecule has 1 fully saturated rings. The summed E-state index contributed by atoms with van der Waals surface area (Å²) in [6.07, 6.45) is 3.97. The topological polar surface area (TPSA) is 68.8 Å². The number of piperidine rings is 1. The molecule has 0 amide bonds. The average molecular weight is 283 g/mol. The molecule has 0 atom stereocenters. The van der Waals surface area contributed by atoms with Gasteiger partial charge in [-0.3, -0.25) is 4.68 Å². The Kier molecular flexibility index (Phi) is 2.96. The number of aromatic nitrogens is 4. The SMILES string of the molecule is Cn1ncc2ccc(-c3noc(C4CCNCC4)n3)cc21. The molecule has 6 heteroatoms. The Labute approximate surface area is 122 Å². The largest absolute Gasteiger partial charge is 0.339 e. The van der Waals surface area contributed by atoms with Crippen LogP contribution in [0.3, 0.4) is 0 Å². The Bertz CT molecular complexity index is 769. The van der Waals surface area contributed by atoms with Gasteiger partial charge in [-0.1, -0.05) is 17.3 Å². The zero-order chi connectivity index (χ0) is 14.2. The van der Waals surface area contributed by atoms with Gasteiger partial charge < -0.3 is 9.84 Å². The van der Waals surface area contributed by atoms with Crippen LogP contribution < -0.4 is 5.32 Å². The maximum absolute atomic E-state index is 5.47. The zero-order valence-corrected chi connectivity index (χ0v) is 11.9. The molecular weight excluding hydrogens is 266 g/mol. The number of fused-ring (bicyclic) bond motifs is 1. The molecular formula is C15H17N5O. The number of rotatable bonds is 2. The van der Waals surface area contributed by atoms with E-state index >= 15 is 0 Å². The van der Waals surface area contributed by atoms with Gasteiger partial charge in [-0.15, -0.1) is 0 Å². The van der Waals surface area contributed by atoms with Gasteiger partial charge in [0.25, 0.3) is 0 Å². The van der Waals surface area contributed by atoms with Crippen LogP contribution in [0.25, 0.3) is 22.3 Å². The van der Waals surface area contributed by atoms with Gasteiger partial charge in [0.05, 0.1) is 11.7 Å². The normalized spacial score (nSPS) is 16.6. The number of benzene rings is 1. The predicted molar refractivity (Wildman–Crippen MR) is 78.9 cm³/mol. The Morgan fingerprint density at radius 1 is 1.29 bits per heavy atom. The highest BCUT2D eigenvalue weighted by Gasteiger charge is 2.21. The molecule has 0 bridgehead atoms. The van der Waals surface area contributed by atoms with Crippen LogP contribution in [0.4, 0.5) is 0 Å². The van der Waals surface area contributed by atoms with Crippen molar-refractivity contribution in [1.82, 2.24) is 25.2 Å². The van der Waals surface area contributed by atoms with E-state index in [0.29, 0.717) is 11.7 Å². The number of nitrogens with zero attached hydrogens (tertiary/aromatic N) is 4. The van der Waals surface area contributed by atoms with E-state index in [1.54, 1.807) is 0 Å². The molecule has 0 unspecified atom stereocenters. The molecule has 0 aliphatic carbocycles. The zero-order valence-electron chi connectivity index (χ0n) is 11.9. The molecule has 1 aliphatic rings. The monoisotopic (exact) mass is 283 g/mol. The van der Waals surface area contributed by atoms with E-state index in [1.165, 1.54) is 0 Å². The van der Waals surface area contributed by atoms with Gasteiger partial charge in [-0.05, 0) is 32.0 Å². The second kappa shape index (κ2) is 4.96. The number of hydrogen-bond acceptors (Lipinski definition) is 5. The minimum atomic E-state index is 0.382. The molecule has 0 spiro atoms. The standard InChI is InChI=1S/C15H17N5O/c1-20-13-8-11(2-3-12(13)9-17-20)14-18-15(21-19-14)10-4-6-16-7-5-10/h2-3,8-10,16H,4-7H2,1H3. The summed E-state index contributed by atoms with van der Waals surface area (Å²) >= 11 is 0. The van der Waals surface area contributed by atoms with Crippen LogP contribution >= 0.6 is 0 Å². The minimum absolute atomic E-state index is 0.382. The van der Waals surface area contributed by atoms with E-state index < -0.39 is 0 Å². The Morgan fingerprint density at radius 2 is 2.14 bits per heavy atom. The molecule has 6 nitrogen and oxygen atoms in total. The van der Waals surface area contributed by atoms with Crippen molar-refractivity contribution in [3.8, 4) is 11.4 Å². The lowest BCUT2D eigenvalue weighted by Gasteiger charge is -2.18. The lowest BCUT2D eigenvalue weighted by Crippen LogP contribution is -2.26. The highest BCUT2D eigenvalue weighted by atomic mass is 16.5. The maximum Gasteiger partial charge on any atom is 0.230 e. The first-order valence-electron chi connectivity index (χ1n) is 7.28. The van der Waals surface area contributed by atoms with Crippen LogP contribution in [0.5, 0.6) is 0 Å². The van der Waals surface area contributed by atoms with Gasteiger partial charge in [0.1, 0.15) is 0 Å². The van der Waals surface area contributed by atoms with Gasteiger partial charge in [0, 0.05) is 23.9 Å². The second-order valence-corrected chi connectivity index (χ2v) is 5.52. The first-order chi connectivity index (χ1) is 10.3. The summed E-state index contributed by atoms with van der Waals surface area (Å²) in [6.45, 7) is 2.03. The Balaban J connectivity index is 1.68. The molecule has 108 valence electrons. The van der Waals surface area contributed by atoms with Gasteiger partial charge >= 0.3 is 0 Å². The lowest BCUT2D eigenvalue weighted by atomic mass is 9.98. The fourth-order valence-corrected chi connectivity index (χ4v) is 2.87. The Morgan fingerprint density at radius 3 is 3.00 bits per heavy atom. The van der Waals surface area contributed by atoms with Crippen molar-refractivity contribution in [2.45, 2.75) is 18.8 Å². The van der Waals surface area contributed by atoms with Crippen molar-refractivity contribution >= 4 is 10.9 Å². The van der Waals surface area contributed by atoms with Gasteiger partial charge in [-0.25, -0.2) is 0 Å². The second-order valence-electron chi connectivity index (χ2n) is 5.52. The summed E-state index contributed by atoms with van der Waals surface area (Å²) in [6, 6.07) is 6.11. The van der Waals surface area contributed by atoms with E-state index in [-0.39, 0.29) is 0 Å². The van der Waals surface area contributed by atoms with Crippen molar-refractivity contribution in [2.75, 3.05) is 13.1 Å². The molecule has 1 aliphatic heterocycles. The first kappa shape index (κ1) is 12.5. The highest BCUT2D eigenvalue weighted by molar-refractivity contribution is 5.83. The molecule has 3 heterocycles. The number of nitrogens with one attached hydrogen (secondary N) is 1. The van der Waals surface area contributed by atoms with Gasteiger partial charge in [-0.2, -0.15) is 10.1 Å². The van der Waals surface area contributed by atoms with E-state index in [1.807, 2.05) is 30.1 Å². The van der Waals surface area contributed by atoms with E-state index in [4.69, 9.17) is 4.52 Å². The van der Waals surface area contributed by atoms with Crippen molar-refractivity contribution in [1.29, 1.82) is 0 Å². The van der Waals surface area contributed by atoms with Crippen LogP contribution in [-0.4, -0.2) is 33.0 Å². The molecule has 21 heavy (non-hydrogen) atoms. The van der Waals surface area contributed by atoms with Gasteiger partial charge in [0.15, 0.2) is 0 Å². The highest BCUT2D eigenvalue weighted by Crippen LogP contribution is 2.27. The van der Waals surface area contributed by atoms with Crippen LogP contribution in [0.15, 0.2) is 28.9 Å². The van der Waals surface area contributed by atoms with Crippen molar-refractivity contribution in [3.05, 3.63) is 30.3 Å². The van der Waals surface area contributed by atoms with E-state index in [0.717, 1.165) is 48.3 Å². The smallest absolute Gasteiger partial charge is 0.230 e.